The molecule has 0 radical (unpaired) electrons. The van der Waals surface area contributed by atoms with E-state index in [9.17, 15) is 14.0 Å². The number of piperidine rings is 1. The third-order valence-corrected chi connectivity index (χ3v) is 7.47. The van der Waals surface area contributed by atoms with Gasteiger partial charge in [0.1, 0.15) is 5.82 Å². The number of rotatable bonds is 12. The van der Waals surface area contributed by atoms with Gasteiger partial charge in [-0.15, -0.1) is 0 Å². The van der Waals surface area contributed by atoms with Gasteiger partial charge in [-0.2, -0.15) is 0 Å². The Balaban J connectivity index is 1.66. The van der Waals surface area contributed by atoms with Crippen LogP contribution < -0.4 is 21.3 Å². The SMILES string of the molecule is CNC[C@@H](CC1CCCC1)NC(=O)C1CNCC([C@@H](OCCNC(=O)OC)c2cc(F)ccc2C)C1. The number of alkyl carbamates (subject to hydrolysis) is 1. The van der Waals surface area contributed by atoms with Gasteiger partial charge in [-0.05, 0) is 56.0 Å². The minimum absolute atomic E-state index is 0.0225. The molecule has 9 heteroatoms. The zero-order valence-corrected chi connectivity index (χ0v) is 21.9. The number of nitrogens with one attached hydrogen (secondary N) is 4. The van der Waals surface area contributed by atoms with Crippen molar-refractivity contribution in [2.24, 2.45) is 17.8 Å². The molecule has 2 aliphatic rings. The molecule has 2 unspecified atom stereocenters. The van der Waals surface area contributed by atoms with Crippen LogP contribution in [0.4, 0.5) is 9.18 Å². The molecule has 0 spiro atoms. The quantitative estimate of drug-likeness (QED) is 0.325. The van der Waals surface area contributed by atoms with Crippen LogP contribution in [0.15, 0.2) is 18.2 Å². The number of hydrogen-bond donors (Lipinski definition) is 4. The van der Waals surface area contributed by atoms with Crippen LogP contribution in [0.5, 0.6) is 0 Å². The Hall–Kier alpha value is -2.23. The van der Waals surface area contributed by atoms with Crippen LogP contribution >= 0.6 is 0 Å². The van der Waals surface area contributed by atoms with Gasteiger partial charge in [0.25, 0.3) is 0 Å². The molecule has 2 amide bonds. The predicted molar refractivity (Wildman–Crippen MR) is 137 cm³/mol. The average Bonchev–Trinajstić information content (AvgIpc) is 3.39. The molecule has 202 valence electrons. The minimum Gasteiger partial charge on any atom is -0.453 e. The molecule has 0 bridgehead atoms. The highest BCUT2D eigenvalue weighted by Crippen LogP contribution is 2.35. The summed E-state index contributed by atoms with van der Waals surface area (Å²) in [5, 5.41) is 12.5. The fraction of sp³-hybridized carbons (Fsp3) is 0.704. The van der Waals surface area contributed by atoms with E-state index in [0.29, 0.717) is 25.4 Å². The molecule has 1 aliphatic carbocycles. The molecule has 8 nitrogen and oxygen atoms in total. The number of methoxy groups -OCH3 is 1. The summed E-state index contributed by atoms with van der Waals surface area (Å²) in [6.07, 6.45) is 5.79. The number of carbonyl (C=O) groups excluding carboxylic acids is 2. The summed E-state index contributed by atoms with van der Waals surface area (Å²) in [6.45, 7) is 4.48. The Morgan fingerprint density at radius 2 is 2.00 bits per heavy atom. The van der Waals surface area contributed by atoms with E-state index in [2.05, 4.69) is 26.0 Å². The van der Waals surface area contributed by atoms with E-state index in [-0.39, 0.29) is 42.8 Å². The van der Waals surface area contributed by atoms with Gasteiger partial charge >= 0.3 is 6.09 Å². The van der Waals surface area contributed by atoms with E-state index >= 15 is 0 Å². The Labute approximate surface area is 214 Å². The minimum atomic E-state index is -0.526. The van der Waals surface area contributed by atoms with Gasteiger partial charge in [0.05, 0.1) is 25.7 Å². The van der Waals surface area contributed by atoms with Crippen LogP contribution in [-0.2, 0) is 14.3 Å². The monoisotopic (exact) mass is 506 g/mol. The average molecular weight is 507 g/mol. The summed E-state index contributed by atoms with van der Waals surface area (Å²) in [5.74, 6) is 0.211. The normalized spacial score (nSPS) is 22.1. The lowest BCUT2D eigenvalue weighted by Gasteiger charge is -2.36. The molecular weight excluding hydrogens is 463 g/mol. The number of ether oxygens (including phenoxy) is 2. The lowest BCUT2D eigenvalue weighted by atomic mass is 9.82. The molecule has 3 rings (SSSR count). The maximum absolute atomic E-state index is 14.2. The Morgan fingerprint density at radius 3 is 2.72 bits per heavy atom. The predicted octanol–water partition coefficient (Wildman–Crippen LogP) is 3.06. The van der Waals surface area contributed by atoms with Gasteiger partial charge in [-0.1, -0.05) is 31.7 Å². The fourth-order valence-electron chi connectivity index (χ4n) is 5.62. The van der Waals surface area contributed by atoms with E-state index in [0.717, 1.165) is 24.1 Å². The number of amides is 2. The van der Waals surface area contributed by atoms with E-state index in [4.69, 9.17) is 4.74 Å². The molecule has 1 heterocycles. The molecule has 1 aromatic carbocycles. The van der Waals surface area contributed by atoms with Crippen LogP contribution in [0, 0.1) is 30.5 Å². The summed E-state index contributed by atoms with van der Waals surface area (Å²) < 4.78 is 25.0. The second-order valence-corrected chi connectivity index (χ2v) is 10.2. The molecule has 4 atom stereocenters. The number of aryl methyl sites for hydroxylation is 1. The molecular formula is C27H43FN4O4. The highest BCUT2D eigenvalue weighted by molar-refractivity contribution is 5.79. The van der Waals surface area contributed by atoms with Crippen molar-refractivity contribution in [3.8, 4) is 0 Å². The number of carbonyl (C=O) groups is 2. The fourth-order valence-corrected chi connectivity index (χ4v) is 5.62. The Morgan fingerprint density at radius 1 is 1.22 bits per heavy atom. The maximum atomic E-state index is 14.2. The van der Waals surface area contributed by atoms with Crippen molar-refractivity contribution in [1.82, 2.24) is 21.3 Å². The van der Waals surface area contributed by atoms with Crippen molar-refractivity contribution < 1.29 is 23.5 Å². The lowest BCUT2D eigenvalue weighted by Crippen LogP contribution is -2.50. The first-order valence-electron chi connectivity index (χ1n) is 13.3. The molecule has 2 fully saturated rings. The molecule has 1 aliphatic heterocycles. The van der Waals surface area contributed by atoms with Crippen molar-refractivity contribution in [3.05, 3.63) is 35.1 Å². The van der Waals surface area contributed by atoms with E-state index in [1.165, 1.54) is 44.9 Å². The second-order valence-electron chi connectivity index (χ2n) is 10.2. The van der Waals surface area contributed by atoms with Crippen molar-refractivity contribution in [3.63, 3.8) is 0 Å². The highest BCUT2D eigenvalue weighted by atomic mass is 19.1. The molecule has 1 saturated heterocycles. The summed E-state index contributed by atoms with van der Waals surface area (Å²) in [7, 11) is 3.23. The number of likely N-dealkylation sites (N-methyl/N-ethyl adjacent to an activating group) is 1. The van der Waals surface area contributed by atoms with Gasteiger partial charge in [-0.3, -0.25) is 4.79 Å². The summed E-state index contributed by atoms with van der Waals surface area (Å²) in [5.41, 5.74) is 1.70. The molecule has 1 saturated carbocycles. The molecule has 1 aromatic rings. The largest absolute Gasteiger partial charge is 0.453 e. The van der Waals surface area contributed by atoms with Gasteiger partial charge < -0.3 is 30.7 Å². The van der Waals surface area contributed by atoms with Gasteiger partial charge in [0, 0.05) is 38.1 Å². The zero-order chi connectivity index (χ0) is 25.9. The van der Waals surface area contributed by atoms with E-state index in [1.54, 1.807) is 6.07 Å². The summed E-state index contributed by atoms with van der Waals surface area (Å²) in [6, 6.07) is 4.82. The summed E-state index contributed by atoms with van der Waals surface area (Å²) >= 11 is 0. The summed E-state index contributed by atoms with van der Waals surface area (Å²) in [4.78, 5) is 24.7. The van der Waals surface area contributed by atoms with Crippen LogP contribution in [0.3, 0.4) is 0 Å². The smallest absolute Gasteiger partial charge is 0.406 e. The van der Waals surface area contributed by atoms with Crippen molar-refractivity contribution in [1.29, 1.82) is 0 Å². The van der Waals surface area contributed by atoms with Gasteiger partial charge in [0.2, 0.25) is 5.91 Å². The van der Waals surface area contributed by atoms with Crippen molar-refractivity contribution in [2.45, 2.75) is 57.6 Å². The Kier molecular flexibility index (Phi) is 11.4. The van der Waals surface area contributed by atoms with Crippen LogP contribution in [0.25, 0.3) is 0 Å². The standard InChI is InChI=1S/C27H43FN4O4/c1-18-8-9-22(28)14-24(18)25(36-11-10-31-27(34)35-3)20-13-21(16-30-15-20)26(33)32-23(17-29-2)12-19-6-4-5-7-19/h8-9,14,19-21,23,25,29-30H,4-7,10-13,15-17H2,1-3H3,(H,31,34)(H,32,33)/t20?,21?,23-,25-/m1/s1. The lowest BCUT2D eigenvalue weighted by molar-refractivity contribution is -0.127. The van der Waals surface area contributed by atoms with Crippen LogP contribution in [0.1, 0.15) is 55.8 Å². The topological polar surface area (TPSA) is 101 Å². The van der Waals surface area contributed by atoms with Crippen molar-refractivity contribution >= 4 is 12.0 Å². The van der Waals surface area contributed by atoms with Crippen molar-refractivity contribution in [2.75, 3.05) is 46.9 Å². The number of halogens is 1. The number of hydrogen-bond acceptors (Lipinski definition) is 6. The maximum Gasteiger partial charge on any atom is 0.406 e. The van der Waals surface area contributed by atoms with Gasteiger partial charge in [0.15, 0.2) is 0 Å². The molecule has 36 heavy (non-hydrogen) atoms. The second kappa shape index (κ2) is 14.5. The number of benzene rings is 1. The molecule has 0 aromatic heterocycles. The van der Waals surface area contributed by atoms with Gasteiger partial charge in [-0.25, -0.2) is 9.18 Å². The first-order chi connectivity index (χ1) is 17.4. The Bertz CT molecular complexity index is 849. The van der Waals surface area contributed by atoms with Crippen LogP contribution in [-0.4, -0.2) is 65.0 Å². The third-order valence-electron chi connectivity index (χ3n) is 7.47. The first-order valence-corrected chi connectivity index (χ1v) is 13.3. The zero-order valence-electron chi connectivity index (χ0n) is 21.9. The van der Waals surface area contributed by atoms with E-state index < -0.39 is 12.2 Å². The highest BCUT2D eigenvalue weighted by Gasteiger charge is 2.35. The van der Waals surface area contributed by atoms with E-state index in [1.807, 2.05) is 14.0 Å². The third kappa shape index (κ3) is 8.42. The first kappa shape index (κ1) is 28.3. The van der Waals surface area contributed by atoms with Crippen LogP contribution in [0.2, 0.25) is 0 Å². The molecule has 4 N–H and O–H groups in total.